The van der Waals surface area contributed by atoms with Gasteiger partial charge in [-0.3, -0.25) is 0 Å². The number of fused-ring (bicyclic) bond motifs is 1. The van der Waals surface area contributed by atoms with E-state index in [1.54, 1.807) is 0 Å². The fraction of sp³-hybridized carbons (Fsp3) is 0.300. The molecule has 0 N–H and O–H groups in total. The van der Waals surface area contributed by atoms with Crippen LogP contribution in [0.3, 0.4) is 0 Å². The molecule has 0 aliphatic rings. The van der Waals surface area contributed by atoms with Crippen LogP contribution in [0.1, 0.15) is 12.6 Å². The Morgan fingerprint density at radius 2 is 2.38 bits per heavy atom. The van der Waals surface area contributed by atoms with E-state index in [2.05, 4.69) is 11.2 Å². The summed E-state index contributed by atoms with van der Waals surface area (Å²) >= 11 is 5.89. The normalized spacial score (nSPS) is 13.4. The standard InChI is InChI=1S/C10H11ClN2/c1-8(11)6-9-7-10-4-2-3-5-13(10)12-9/h2-5,7-8H,6H2,1H3. The van der Waals surface area contributed by atoms with Gasteiger partial charge in [0.25, 0.3) is 0 Å². The highest BCUT2D eigenvalue weighted by Crippen LogP contribution is 2.09. The molecule has 3 heteroatoms. The number of aromatic nitrogens is 2. The predicted octanol–water partition coefficient (Wildman–Crippen LogP) is 2.50. The molecule has 1 atom stereocenters. The minimum Gasteiger partial charge on any atom is -0.241 e. The summed E-state index contributed by atoms with van der Waals surface area (Å²) in [6, 6.07) is 8.08. The Balaban J connectivity index is 2.38. The Morgan fingerprint density at radius 3 is 3.08 bits per heavy atom. The van der Waals surface area contributed by atoms with Crippen molar-refractivity contribution >= 4 is 17.1 Å². The molecule has 2 heterocycles. The third kappa shape index (κ3) is 1.83. The average Bonchev–Trinajstić information content (AvgIpc) is 2.44. The highest BCUT2D eigenvalue weighted by Gasteiger charge is 2.03. The van der Waals surface area contributed by atoms with Gasteiger partial charge in [0.15, 0.2) is 0 Å². The molecule has 0 aliphatic heterocycles. The fourth-order valence-electron chi connectivity index (χ4n) is 1.38. The van der Waals surface area contributed by atoms with Gasteiger partial charge in [-0.25, -0.2) is 4.52 Å². The number of pyridine rings is 1. The number of nitrogens with zero attached hydrogens (tertiary/aromatic N) is 2. The van der Waals surface area contributed by atoms with E-state index in [4.69, 9.17) is 11.6 Å². The van der Waals surface area contributed by atoms with E-state index in [0.717, 1.165) is 17.6 Å². The number of rotatable bonds is 2. The van der Waals surface area contributed by atoms with Crippen molar-refractivity contribution in [3.05, 3.63) is 36.2 Å². The highest BCUT2D eigenvalue weighted by atomic mass is 35.5. The Kier molecular flexibility index (Phi) is 2.23. The van der Waals surface area contributed by atoms with Crippen LogP contribution in [0, 0.1) is 0 Å². The van der Waals surface area contributed by atoms with Crippen molar-refractivity contribution in [3.8, 4) is 0 Å². The largest absolute Gasteiger partial charge is 0.241 e. The molecule has 2 aromatic rings. The van der Waals surface area contributed by atoms with Crippen molar-refractivity contribution in [1.82, 2.24) is 9.61 Å². The number of alkyl halides is 1. The lowest BCUT2D eigenvalue weighted by atomic mass is 10.2. The average molecular weight is 195 g/mol. The van der Waals surface area contributed by atoms with Crippen molar-refractivity contribution in [2.45, 2.75) is 18.7 Å². The quantitative estimate of drug-likeness (QED) is 0.672. The molecule has 2 rings (SSSR count). The minimum absolute atomic E-state index is 0.143. The van der Waals surface area contributed by atoms with Crippen LogP contribution in [-0.2, 0) is 6.42 Å². The Morgan fingerprint density at radius 1 is 1.54 bits per heavy atom. The number of hydrogen-bond donors (Lipinski definition) is 0. The SMILES string of the molecule is CC(Cl)Cc1cc2ccccn2n1. The molecular weight excluding hydrogens is 184 g/mol. The van der Waals surface area contributed by atoms with Crippen LogP contribution in [0.25, 0.3) is 5.52 Å². The molecule has 0 saturated carbocycles. The summed E-state index contributed by atoms with van der Waals surface area (Å²) in [7, 11) is 0. The van der Waals surface area contributed by atoms with E-state index >= 15 is 0 Å². The van der Waals surface area contributed by atoms with E-state index in [9.17, 15) is 0 Å². The molecule has 1 unspecified atom stereocenters. The van der Waals surface area contributed by atoms with Crippen LogP contribution >= 0.6 is 11.6 Å². The molecule has 13 heavy (non-hydrogen) atoms. The van der Waals surface area contributed by atoms with Gasteiger partial charge >= 0.3 is 0 Å². The smallest absolute Gasteiger partial charge is 0.0664 e. The van der Waals surface area contributed by atoms with Crippen molar-refractivity contribution < 1.29 is 0 Å². The van der Waals surface area contributed by atoms with Gasteiger partial charge in [0.1, 0.15) is 0 Å². The van der Waals surface area contributed by atoms with Crippen LogP contribution in [0.15, 0.2) is 30.5 Å². The summed E-state index contributed by atoms with van der Waals surface area (Å²) in [5.41, 5.74) is 2.17. The van der Waals surface area contributed by atoms with Crippen molar-refractivity contribution in [3.63, 3.8) is 0 Å². The van der Waals surface area contributed by atoms with Gasteiger partial charge in [-0.1, -0.05) is 6.07 Å². The Labute approximate surface area is 82.1 Å². The number of halogens is 1. The van der Waals surface area contributed by atoms with Gasteiger partial charge in [0, 0.05) is 18.0 Å². The Hall–Kier alpha value is -1.02. The predicted molar refractivity (Wildman–Crippen MR) is 54.2 cm³/mol. The van der Waals surface area contributed by atoms with E-state index in [0.29, 0.717) is 0 Å². The maximum atomic E-state index is 5.89. The lowest BCUT2D eigenvalue weighted by Gasteiger charge is -1.95. The monoisotopic (exact) mass is 194 g/mol. The topological polar surface area (TPSA) is 17.3 Å². The van der Waals surface area contributed by atoms with Gasteiger partial charge in [-0.2, -0.15) is 5.10 Å². The van der Waals surface area contributed by atoms with E-state index in [1.807, 2.05) is 35.8 Å². The van der Waals surface area contributed by atoms with Gasteiger partial charge < -0.3 is 0 Å². The third-order valence-corrected chi connectivity index (χ3v) is 2.07. The van der Waals surface area contributed by atoms with E-state index in [-0.39, 0.29) is 5.38 Å². The first-order valence-corrected chi connectivity index (χ1v) is 4.77. The second-order valence-corrected chi connectivity index (χ2v) is 3.94. The lowest BCUT2D eigenvalue weighted by Crippen LogP contribution is -1.97. The molecular formula is C10H11ClN2. The van der Waals surface area contributed by atoms with E-state index < -0.39 is 0 Å². The van der Waals surface area contributed by atoms with Gasteiger partial charge in [-0.15, -0.1) is 11.6 Å². The molecule has 0 amide bonds. The highest BCUT2D eigenvalue weighted by molar-refractivity contribution is 6.20. The van der Waals surface area contributed by atoms with E-state index in [1.165, 1.54) is 0 Å². The molecule has 2 nitrogen and oxygen atoms in total. The minimum atomic E-state index is 0.143. The van der Waals surface area contributed by atoms with Crippen molar-refractivity contribution in [2.24, 2.45) is 0 Å². The fourth-order valence-corrected chi connectivity index (χ4v) is 1.54. The molecule has 0 aromatic carbocycles. The molecule has 0 bridgehead atoms. The maximum Gasteiger partial charge on any atom is 0.0664 e. The lowest BCUT2D eigenvalue weighted by molar-refractivity contribution is 0.842. The van der Waals surface area contributed by atoms with Gasteiger partial charge in [0.05, 0.1) is 11.2 Å². The van der Waals surface area contributed by atoms with Crippen LogP contribution < -0.4 is 0 Å². The first kappa shape index (κ1) is 8.57. The second kappa shape index (κ2) is 3.38. The summed E-state index contributed by atoms with van der Waals surface area (Å²) in [6.45, 7) is 1.98. The summed E-state index contributed by atoms with van der Waals surface area (Å²) in [5, 5.41) is 4.53. The van der Waals surface area contributed by atoms with Gasteiger partial charge in [-0.05, 0) is 25.1 Å². The molecule has 0 saturated heterocycles. The molecule has 68 valence electrons. The molecule has 0 aliphatic carbocycles. The van der Waals surface area contributed by atoms with Gasteiger partial charge in [0.2, 0.25) is 0 Å². The first-order valence-electron chi connectivity index (χ1n) is 4.33. The summed E-state index contributed by atoms with van der Waals surface area (Å²) in [4.78, 5) is 0. The molecule has 0 fully saturated rings. The zero-order chi connectivity index (χ0) is 9.26. The van der Waals surface area contributed by atoms with Crippen molar-refractivity contribution in [2.75, 3.05) is 0 Å². The van der Waals surface area contributed by atoms with Crippen LogP contribution in [-0.4, -0.2) is 15.0 Å². The molecule has 0 radical (unpaired) electrons. The maximum absolute atomic E-state index is 5.89. The Bertz CT molecular complexity index is 373. The molecule has 0 spiro atoms. The van der Waals surface area contributed by atoms with Crippen LogP contribution in [0.4, 0.5) is 0 Å². The van der Waals surface area contributed by atoms with Crippen molar-refractivity contribution in [1.29, 1.82) is 0 Å². The second-order valence-electron chi connectivity index (χ2n) is 3.19. The zero-order valence-electron chi connectivity index (χ0n) is 7.44. The number of hydrogen-bond acceptors (Lipinski definition) is 1. The summed E-state index contributed by atoms with van der Waals surface area (Å²) in [5.74, 6) is 0. The van der Waals surface area contributed by atoms with Crippen LogP contribution in [0.2, 0.25) is 0 Å². The van der Waals surface area contributed by atoms with Crippen LogP contribution in [0.5, 0.6) is 0 Å². The zero-order valence-corrected chi connectivity index (χ0v) is 8.20. The summed E-state index contributed by atoms with van der Waals surface area (Å²) < 4.78 is 1.87. The molecule has 2 aromatic heterocycles. The third-order valence-electron chi connectivity index (χ3n) is 1.91. The summed E-state index contributed by atoms with van der Waals surface area (Å²) in [6.07, 6.45) is 2.76. The first-order chi connectivity index (χ1) is 6.25.